The lowest BCUT2D eigenvalue weighted by atomic mass is 10.00. The van der Waals surface area contributed by atoms with E-state index in [1.165, 1.54) is 6.42 Å². The molecule has 1 aliphatic heterocycles. The Kier molecular flexibility index (Phi) is 3.37. The fraction of sp³-hybridized carbons (Fsp3) is 0.900. The molecule has 4 nitrogen and oxygen atoms in total. The van der Waals surface area contributed by atoms with Gasteiger partial charge in [-0.25, -0.2) is 9.80 Å². The Hall–Kier alpha value is -0.770. The van der Waals surface area contributed by atoms with Gasteiger partial charge in [-0.2, -0.15) is 0 Å². The molecule has 4 heteroatoms. The van der Waals surface area contributed by atoms with Gasteiger partial charge in [0.25, 0.3) is 0 Å². The minimum absolute atomic E-state index is 0.355. The second-order valence-electron chi connectivity index (χ2n) is 4.79. The number of ether oxygens (including phenoxy) is 1. The number of hydrogen-bond donors (Lipinski definition) is 1. The van der Waals surface area contributed by atoms with E-state index in [1.54, 1.807) is 0 Å². The van der Waals surface area contributed by atoms with E-state index in [9.17, 15) is 4.79 Å². The molecule has 1 aliphatic rings. The summed E-state index contributed by atoms with van der Waals surface area (Å²) >= 11 is 0. The molecule has 0 aromatic rings. The molecular weight excluding hydrogens is 180 g/mol. The second-order valence-corrected chi connectivity index (χ2v) is 4.79. The number of amides is 1. The number of rotatable bonds is 2. The lowest BCUT2D eigenvalue weighted by molar-refractivity contribution is 0.00180. The summed E-state index contributed by atoms with van der Waals surface area (Å²) in [7, 11) is 0. The van der Waals surface area contributed by atoms with Gasteiger partial charge in [0, 0.05) is 13.1 Å². The Bertz CT molecular complexity index is 205. The number of carbonyl (C=O) groups excluding carboxylic acids is 1. The first-order valence-electron chi connectivity index (χ1n) is 5.15. The molecule has 1 heterocycles. The highest BCUT2D eigenvalue weighted by molar-refractivity contribution is 5.67. The highest BCUT2D eigenvalue weighted by atomic mass is 16.6. The molecule has 0 atom stereocenters. The molecule has 0 unspecified atom stereocenters. The molecule has 0 bridgehead atoms. The van der Waals surface area contributed by atoms with Crippen molar-refractivity contribution in [3.63, 3.8) is 0 Å². The molecule has 0 spiro atoms. The van der Waals surface area contributed by atoms with Crippen LogP contribution < -0.4 is 5.43 Å². The molecular formula is C10H20N2O2. The molecule has 0 aliphatic carbocycles. The van der Waals surface area contributed by atoms with Crippen LogP contribution in [0, 0.1) is 5.92 Å². The minimum atomic E-state index is -0.418. The van der Waals surface area contributed by atoms with Gasteiger partial charge in [0.1, 0.15) is 5.60 Å². The molecule has 0 aromatic carbocycles. The molecule has 14 heavy (non-hydrogen) atoms. The summed E-state index contributed by atoms with van der Waals surface area (Å²) in [5, 5.41) is 1.89. The van der Waals surface area contributed by atoms with E-state index >= 15 is 0 Å². The number of hydrazine groups is 1. The van der Waals surface area contributed by atoms with E-state index in [0.717, 1.165) is 19.0 Å². The monoisotopic (exact) mass is 200 g/mol. The summed E-state index contributed by atoms with van der Waals surface area (Å²) in [6.45, 7) is 9.62. The highest BCUT2D eigenvalue weighted by Gasteiger charge is 2.27. The van der Waals surface area contributed by atoms with Crippen molar-refractivity contribution in [2.24, 2.45) is 5.92 Å². The third-order valence-electron chi connectivity index (χ3n) is 2.18. The minimum Gasteiger partial charge on any atom is -0.443 e. The van der Waals surface area contributed by atoms with Crippen LogP contribution >= 0.6 is 0 Å². The van der Waals surface area contributed by atoms with Gasteiger partial charge in [-0.3, -0.25) is 5.43 Å². The number of hydrogen-bond acceptors (Lipinski definition) is 3. The van der Waals surface area contributed by atoms with E-state index in [2.05, 4.69) is 12.3 Å². The Labute approximate surface area is 85.6 Å². The molecule has 0 radical (unpaired) electrons. The molecule has 0 aromatic heterocycles. The van der Waals surface area contributed by atoms with Crippen LogP contribution in [0.2, 0.25) is 0 Å². The van der Waals surface area contributed by atoms with E-state index in [-0.39, 0.29) is 6.09 Å². The average Bonchev–Trinajstić information content (AvgIpc) is 1.91. The van der Waals surface area contributed by atoms with Crippen molar-refractivity contribution in [3.05, 3.63) is 0 Å². The van der Waals surface area contributed by atoms with E-state index in [1.807, 2.05) is 25.8 Å². The molecule has 1 fully saturated rings. The highest BCUT2D eigenvalue weighted by Crippen LogP contribution is 2.16. The van der Waals surface area contributed by atoms with Crippen molar-refractivity contribution >= 4 is 6.09 Å². The average molecular weight is 200 g/mol. The third kappa shape index (κ3) is 3.54. The van der Waals surface area contributed by atoms with Crippen molar-refractivity contribution in [2.45, 2.75) is 39.7 Å². The summed E-state index contributed by atoms with van der Waals surface area (Å²) in [5.41, 5.74) is 2.29. The summed E-state index contributed by atoms with van der Waals surface area (Å²) in [4.78, 5) is 11.3. The van der Waals surface area contributed by atoms with Crippen LogP contribution in [-0.4, -0.2) is 29.8 Å². The third-order valence-corrected chi connectivity index (χ3v) is 2.18. The van der Waals surface area contributed by atoms with Gasteiger partial charge in [-0.15, -0.1) is 0 Å². The second kappa shape index (κ2) is 4.17. The quantitative estimate of drug-likeness (QED) is 0.738. The van der Waals surface area contributed by atoms with Gasteiger partial charge in [0.15, 0.2) is 0 Å². The predicted molar refractivity (Wildman–Crippen MR) is 54.7 cm³/mol. The molecule has 82 valence electrons. The fourth-order valence-electron chi connectivity index (χ4n) is 1.35. The van der Waals surface area contributed by atoms with Crippen LogP contribution in [-0.2, 0) is 4.74 Å². The number of carbonyl (C=O) groups is 1. The normalized spacial score (nSPS) is 18.9. The smallest absolute Gasteiger partial charge is 0.422 e. The van der Waals surface area contributed by atoms with Crippen LogP contribution in [0.1, 0.15) is 34.1 Å². The topological polar surface area (TPSA) is 41.6 Å². The summed E-state index contributed by atoms with van der Waals surface area (Å²) in [6.07, 6.45) is 0.819. The zero-order valence-electron chi connectivity index (χ0n) is 9.46. The molecule has 1 N–H and O–H groups in total. The van der Waals surface area contributed by atoms with Gasteiger partial charge in [-0.1, -0.05) is 13.3 Å². The molecule has 0 saturated carbocycles. The predicted octanol–water partition coefficient (Wildman–Crippen LogP) is 1.77. The van der Waals surface area contributed by atoms with Gasteiger partial charge < -0.3 is 4.74 Å². The zero-order chi connectivity index (χ0) is 10.8. The van der Waals surface area contributed by atoms with E-state index in [0.29, 0.717) is 0 Å². The Balaban J connectivity index is 2.17. The SMILES string of the molecule is CCC1CN(NC(=O)OC(C)(C)C)C1. The molecule has 1 saturated heterocycles. The Morgan fingerprint density at radius 3 is 2.50 bits per heavy atom. The first kappa shape index (κ1) is 11.3. The van der Waals surface area contributed by atoms with Gasteiger partial charge >= 0.3 is 6.09 Å². The van der Waals surface area contributed by atoms with Gasteiger partial charge in [0.2, 0.25) is 0 Å². The Morgan fingerprint density at radius 1 is 1.50 bits per heavy atom. The summed E-state index contributed by atoms with van der Waals surface area (Å²) in [6, 6.07) is 0. The fourth-order valence-corrected chi connectivity index (χ4v) is 1.35. The summed E-state index contributed by atoms with van der Waals surface area (Å²) in [5.74, 6) is 0.727. The maximum absolute atomic E-state index is 11.3. The van der Waals surface area contributed by atoms with Crippen LogP contribution in [0.5, 0.6) is 0 Å². The van der Waals surface area contributed by atoms with E-state index < -0.39 is 5.60 Å². The lowest BCUT2D eigenvalue weighted by Gasteiger charge is -2.38. The van der Waals surface area contributed by atoms with Crippen LogP contribution in [0.25, 0.3) is 0 Å². The van der Waals surface area contributed by atoms with Crippen molar-refractivity contribution in [1.29, 1.82) is 0 Å². The largest absolute Gasteiger partial charge is 0.443 e. The zero-order valence-corrected chi connectivity index (χ0v) is 9.46. The molecule has 1 amide bonds. The van der Waals surface area contributed by atoms with Crippen LogP contribution in [0.3, 0.4) is 0 Å². The molecule has 1 rings (SSSR count). The van der Waals surface area contributed by atoms with Crippen molar-refractivity contribution in [2.75, 3.05) is 13.1 Å². The maximum Gasteiger partial charge on any atom is 0.422 e. The summed E-state index contributed by atoms with van der Waals surface area (Å²) < 4.78 is 5.12. The lowest BCUT2D eigenvalue weighted by Crippen LogP contribution is -2.56. The number of nitrogens with one attached hydrogen (secondary N) is 1. The van der Waals surface area contributed by atoms with E-state index in [4.69, 9.17) is 4.74 Å². The van der Waals surface area contributed by atoms with Crippen molar-refractivity contribution < 1.29 is 9.53 Å². The van der Waals surface area contributed by atoms with Crippen molar-refractivity contribution in [1.82, 2.24) is 10.4 Å². The van der Waals surface area contributed by atoms with Gasteiger partial charge in [-0.05, 0) is 26.7 Å². The van der Waals surface area contributed by atoms with Gasteiger partial charge in [0.05, 0.1) is 0 Å². The van der Waals surface area contributed by atoms with Crippen LogP contribution in [0.15, 0.2) is 0 Å². The standard InChI is InChI=1S/C10H20N2O2/c1-5-8-6-12(7-8)11-9(13)14-10(2,3)4/h8H,5-7H2,1-4H3,(H,11,13). The van der Waals surface area contributed by atoms with Crippen molar-refractivity contribution in [3.8, 4) is 0 Å². The van der Waals surface area contributed by atoms with Crippen LogP contribution in [0.4, 0.5) is 4.79 Å². The first-order chi connectivity index (χ1) is 6.40. The maximum atomic E-state index is 11.3. The number of nitrogens with zero attached hydrogens (tertiary/aromatic N) is 1. The first-order valence-corrected chi connectivity index (χ1v) is 5.15. The Morgan fingerprint density at radius 2 is 2.07 bits per heavy atom.